The molecule has 0 aliphatic heterocycles. The van der Waals surface area contributed by atoms with Gasteiger partial charge in [-0.3, -0.25) is 9.59 Å². The molecule has 1 aromatic carbocycles. The van der Waals surface area contributed by atoms with Crippen molar-refractivity contribution in [2.75, 3.05) is 0 Å². The van der Waals surface area contributed by atoms with Gasteiger partial charge in [-0.15, -0.1) is 0 Å². The van der Waals surface area contributed by atoms with Crippen LogP contribution in [-0.2, 0) is 20.8 Å². The lowest BCUT2D eigenvalue weighted by Gasteiger charge is -2.16. The summed E-state index contributed by atoms with van der Waals surface area (Å²) < 4.78 is 0. The molecule has 0 bridgehead atoms. The number of aliphatic carboxylic acids is 2. The van der Waals surface area contributed by atoms with E-state index in [4.69, 9.17) is 10.8 Å². The maximum atomic E-state index is 11.8. The Morgan fingerprint density at radius 1 is 1.22 bits per heavy atom. The first-order chi connectivity index (χ1) is 10.9. The van der Waals surface area contributed by atoms with Crippen LogP contribution in [0.1, 0.15) is 12.0 Å². The molecule has 23 heavy (non-hydrogen) atoms. The second-order valence-corrected chi connectivity index (χ2v) is 5.17. The molecule has 0 aliphatic rings. The lowest BCUT2D eigenvalue weighted by atomic mass is 10.0. The van der Waals surface area contributed by atoms with Crippen molar-refractivity contribution in [2.45, 2.75) is 24.9 Å². The zero-order chi connectivity index (χ0) is 17.0. The van der Waals surface area contributed by atoms with Gasteiger partial charge < -0.3 is 26.2 Å². The Hall–Kier alpha value is -2.87. The fraction of sp³-hybridized carbons (Fsp3) is 0.267. The lowest BCUT2D eigenvalue weighted by Crippen LogP contribution is -2.49. The number of carboxylic acid groups (broad SMARTS) is 2. The van der Waals surface area contributed by atoms with E-state index in [1.54, 1.807) is 6.20 Å². The Morgan fingerprint density at radius 2 is 1.91 bits per heavy atom. The quantitative estimate of drug-likeness (QED) is 0.488. The van der Waals surface area contributed by atoms with Gasteiger partial charge in [-0.25, -0.2) is 4.79 Å². The molecule has 1 amide bonds. The van der Waals surface area contributed by atoms with Gasteiger partial charge in [0.1, 0.15) is 6.04 Å². The summed E-state index contributed by atoms with van der Waals surface area (Å²) >= 11 is 0. The van der Waals surface area contributed by atoms with Crippen LogP contribution in [0.2, 0.25) is 0 Å². The van der Waals surface area contributed by atoms with Gasteiger partial charge in [0.05, 0.1) is 12.5 Å². The molecule has 0 saturated heterocycles. The minimum absolute atomic E-state index is 0.0604. The number of amides is 1. The summed E-state index contributed by atoms with van der Waals surface area (Å²) in [5.74, 6) is -3.25. The minimum atomic E-state index is -1.29. The van der Waals surface area contributed by atoms with Crippen molar-refractivity contribution >= 4 is 28.7 Å². The van der Waals surface area contributed by atoms with E-state index in [2.05, 4.69) is 10.3 Å². The van der Waals surface area contributed by atoms with Crippen molar-refractivity contribution in [3.8, 4) is 0 Å². The lowest BCUT2D eigenvalue weighted by molar-refractivity contribution is -0.142. The van der Waals surface area contributed by atoms with Crippen LogP contribution >= 0.6 is 0 Å². The van der Waals surface area contributed by atoms with Gasteiger partial charge in [0.2, 0.25) is 5.91 Å². The molecule has 8 heteroatoms. The summed E-state index contributed by atoms with van der Waals surface area (Å²) in [6, 6.07) is 4.90. The number of benzene rings is 1. The van der Waals surface area contributed by atoms with Crippen molar-refractivity contribution in [3.05, 3.63) is 36.0 Å². The maximum Gasteiger partial charge on any atom is 0.326 e. The number of nitrogens with one attached hydrogen (secondary N) is 2. The zero-order valence-corrected chi connectivity index (χ0v) is 12.2. The van der Waals surface area contributed by atoms with Gasteiger partial charge in [0.25, 0.3) is 0 Å². The summed E-state index contributed by atoms with van der Waals surface area (Å²) in [5, 5.41) is 21.0. The predicted octanol–water partition coefficient (Wildman–Crippen LogP) is 0.0818. The highest BCUT2D eigenvalue weighted by Gasteiger charge is 2.25. The van der Waals surface area contributed by atoms with E-state index in [0.717, 1.165) is 16.5 Å². The van der Waals surface area contributed by atoms with Crippen LogP contribution in [0.25, 0.3) is 10.9 Å². The van der Waals surface area contributed by atoms with E-state index in [9.17, 15) is 19.5 Å². The highest BCUT2D eigenvalue weighted by molar-refractivity contribution is 5.90. The molecule has 122 valence electrons. The van der Waals surface area contributed by atoms with Gasteiger partial charge in [-0.2, -0.15) is 0 Å². The van der Waals surface area contributed by atoms with Crippen LogP contribution in [0.15, 0.2) is 30.5 Å². The van der Waals surface area contributed by atoms with Crippen LogP contribution in [-0.4, -0.2) is 45.1 Å². The molecule has 6 N–H and O–H groups in total. The molecule has 0 saturated carbocycles. The van der Waals surface area contributed by atoms with Crippen molar-refractivity contribution in [1.82, 2.24) is 10.3 Å². The van der Waals surface area contributed by atoms with Crippen LogP contribution in [0.5, 0.6) is 0 Å². The third kappa shape index (κ3) is 4.07. The Morgan fingerprint density at radius 3 is 2.57 bits per heavy atom. The van der Waals surface area contributed by atoms with E-state index in [1.807, 2.05) is 24.3 Å². The Labute approximate surface area is 131 Å². The number of carboxylic acids is 2. The van der Waals surface area contributed by atoms with E-state index < -0.39 is 36.4 Å². The molecule has 1 heterocycles. The molecule has 2 rings (SSSR count). The molecule has 2 atom stereocenters. The van der Waals surface area contributed by atoms with Crippen LogP contribution in [0.4, 0.5) is 0 Å². The van der Waals surface area contributed by atoms with Gasteiger partial charge in [0, 0.05) is 23.5 Å². The van der Waals surface area contributed by atoms with Gasteiger partial charge in [0.15, 0.2) is 0 Å². The molecule has 0 radical (unpaired) electrons. The predicted molar refractivity (Wildman–Crippen MR) is 81.8 cm³/mol. The van der Waals surface area contributed by atoms with Crippen molar-refractivity contribution < 1.29 is 24.6 Å². The van der Waals surface area contributed by atoms with Gasteiger partial charge in [-0.1, -0.05) is 18.2 Å². The van der Waals surface area contributed by atoms with Crippen molar-refractivity contribution in [3.63, 3.8) is 0 Å². The monoisotopic (exact) mass is 319 g/mol. The second kappa shape index (κ2) is 6.93. The van der Waals surface area contributed by atoms with E-state index in [0.29, 0.717) is 0 Å². The Bertz CT molecular complexity index is 740. The first-order valence-electron chi connectivity index (χ1n) is 6.94. The normalized spacial score (nSPS) is 13.4. The average molecular weight is 319 g/mol. The number of H-pyrrole nitrogens is 1. The summed E-state index contributed by atoms with van der Waals surface area (Å²) in [6.45, 7) is 0. The standard InChI is InChI=1S/C15H17N3O5/c16-10(6-13(19)20)14(21)18-12(15(22)23)5-8-7-17-11-4-2-1-3-9(8)11/h1-4,7,10,12,17H,5-6,16H2,(H,18,21)(H,19,20)(H,22,23). The number of para-hydroxylation sites is 1. The highest BCUT2D eigenvalue weighted by Crippen LogP contribution is 2.19. The van der Waals surface area contributed by atoms with E-state index in [-0.39, 0.29) is 6.42 Å². The van der Waals surface area contributed by atoms with Gasteiger partial charge in [-0.05, 0) is 11.6 Å². The van der Waals surface area contributed by atoms with Crippen molar-refractivity contribution in [1.29, 1.82) is 0 Å². The van der Waals surface area contributed by atoms with Crippen molar-refractivity contribution in [2.24, 2.45) is 5.73 Å². The number of aromatic nitrogens is 1. The summed E-state index contributed by atoms with van der Waals surface area (Å²) in [5.41, 5.74) is 7.04. The molecule has 2 unspecified atom stereocenters. The summed E-state index contributed by atoms with van der Waals surface area (Å²) in [7, 11) is 0. The first kappa shape index (κ1) is 16.5. The number of aromatic amines is 1. The average Bonchev–Trinajstić information content (AvgIpc) is 2.89. The number of carbonyl (C=O) groups is 3. The number of hydrogen-bond acceptors (Lipinski definition) is 4. The highest BCUT2D eigenvalue weighted by atomic mass is 16.4. The number of fused-ring (bicyclic) bond motifs is 1. The van der Waals surface area contributed by atoms with Crippen LogP contribution < -0.4 is 11.1 Å². The number of nitrogens with two attached hydrogens (primary N) is 1. The zero-order valence-electron chi connectivity index (χ0n) is 12.2. The topological polar surface area (TPSA) is 146 Å². The van der Waals surface area contributed by atoms with Crippen LogP contribution in [0.3, 0.4) is 0 Å². The molecule has 0 spiro atoms. The summed E-state index contributed by atoms with van der Waals surface area (Å²) in [4.78, 5) is 36.8. The fourth-order valence-corrected chi connectivity index (χ4v) is 2.28. The molecule has 1 aromatic heterocycles. The van der Waals surface area contributed by atoms with E-state index in [1.165, 1.54) is 0 Å². The van der Waals surface area contributed by atoms with E-state index >= 15 is 0 Å². The largest absolute Gasteiger partial charge is 0.481 e. The molecule has 0 aliphatic carbocycles. The maximum absolute atomic E-state index is 11.8. The fourth-order valence-electron chi connectivity index (χ4n) is 2.28. The second-order valence-electron chi connectivity index (χ2n) is 5.17. The minimum Gasteiger partial charge on any atom is -0.481 e. The molecular weight excluding hydrogens is 302 g/mol. The SMILES string of the molecule is NC(CC(=O)O)C(=O)NC(Cc1c[nH]c2ccccc12)C(=O)O. The molecular formula is C15H17N3O5. The Balaban J connectivity index is 2.11. The third-order valence-electron chi connectivity index (χ3n) is 3.44. The Kier molecular flexibility index (Phi) is 4.97. The molecule has 0 fully saturated rings. The van der Waals surface area contributed by atoms with Crippen LogP contribution in [0, 0.1) is 0 Å². The molecule has 8 nitrogen and oxygen atoms in total. The third-order valence-corrected chi connectivity index (χ3v) is 3.44. The first-order valence-corrected chi connectivity index (χ1v) is 6.94. The smallest absolute Gasteiger partial charge is 0.326 e. The molecule has 2 aromatic rings. The van der Waals surface area contributed by atoms with Gasteiger partial charge >= 0.3 is 11.9 Å². The summed E-state index contributed by atoms with van der Waals surface area (Å²) in [6.07, 6.45) is 1.18. The number of hydrogen-bond donors (Lipinski definition) is 5. The number of rotatable bonds is 7. The number of carbonyl (C=O) groups excluding carboxylic acids is 1.